The van der Waals surface area contributed by atoms with Gasteiger partial charge in [-0.25, -0.2) is 13.4 Å². The Morgan fingerprint density at radius 3 is 2.48 bits per heavy atom. The van der Waals surface area contributed by atoms with Crippen LogP contribution in [0.5, 0.6) is 5.75 Å². The van der Waals surface area contributed by atoms with E-state index >= 15 is 0 Å². The number of methoxy groups -OCH3 is 1. The monoisotopic (exact) mass is 415 g/mol. The van der Waals surface area contributed by atoms with Crippen LogP contribution in [0, 0.1) is 6.92 Å². The second-order valence-corrected chi connectivity index (χ2v) is 8.92. The van der Waals surface area contributed by atoms with Gasteiger partial charge in [-0.3, -0.25) is 0 Å². The number of hydrogen-bond acceptors (Lipinski definition) is 7. The summed E-state index contributed by atoms with van der Waals surface area (Å²) in [6.45, 7) is 7.21. The van der Waals surface area contributed by atoms with Crippen LogP contribution in [0.3, 0.4) is 0 Å². The van der Waals surface area contributed by atoms with Gasteiger partial charge in [0.05, 0.1) is 17.7 Å². The Kier molecular flexibility index (Phi) is 5.18. The molecular weight excluding hydrogens is 390 g/mol. The third kappa shape index (κ3) is 3.44. The lowest BCUT2D eigenvalue weighted by atomic mass is 10.3. The molecule has 8 nitrogen and oxygen atoms in total. The number of sulfone groups is 1. The molecule has 3 heterocycles. The Morgan fingerprint density at radius 1 is 1.17 bits per heavy atom. The fourth-order valence-corrected chi connectivity index (χ4v) is 5.24. The van der Waals surface area contributed by atoms with Crippen molar-refractivity contribution in [2.45, 2.75) is 30.1 Å². The summed E-state index contributed by atoms with van der Waals surface area (Å²) in [6.07, 6.45) is 0.494. The summed E-state index contributed by atoms with van der Waals surface area (Å²) in [7, 11) is -2.24. The molecule has 0 saturated carbocycles. The summed E-state index contributed by atoms with van der Waals surface area (Å²) >= 11 is 0. The van der Waals surface area contributed by atoms with E-state index in [2.05, 4.69) is 20.3 Å². The van der Waals surface area contributed by atoms with Crippen LogP contribution in [0.15, 0.2) is 40.1 Å². The van der Waals surface area contributed by atoms with Crippen molar-refractivity contribution in [3.05, 3.63) is 41.7 Å². The fourth-order valence-electron chi connectivity index (χ4n) is 3.64. The first-order valence-electron chi connectivity index (χ1n) is 9.69. The predicted octanol–water partition coefficient (Wildman–Crippen LogP) is 1.85. The highest BCUT2D eigenvalue weighted by Gasteiger charge is 2.29. The molecule has 154 valence electrons. The zero-order valence-corrected chi connectivity index (χ0v) is 17.7. The van der Waals surface area contributed by atoms with Crippen molar-refractivity contribution >= 4 is 21.3 Å². The molecule has 0 atom stereocenters. The number of benzene rings is 1. The Balaban J connectivity index is 1.92. The Labute approximate surface area is 170 Å². The van der Waals surface area contributed by atoms with Gasteiger partial charge in [0.15, 0.2) is 5.65 Å². The van der Waals surface area contributed by atoms with E-state index in [9.17, 15) is 8.42 Å². The van der Waals surface area contributed by atoms with Gasteiger partial charge in [-0.2, -0.15) is 9.61 Å². The number of fused-ring (bicyclic) bond motifs is 1. The summed E-state index contributed by atoms with van der Waals surface area (Å²) in [6, 6.07) is 8.38. The molecule has 4 rings (SSSR count). The third-order valence-corrected chi connectivity index (χ3v) is 6.99. The third-order valence-electron chi connectivity index (χ3n) is 5.14. The molecular formula is C20H25N5O3S. The van der Waals surface area contributed by atoms with E-state index in [1.165, 1.54) is 0 Å². The van der Waals surface area contributed by atoms with Crippen LogP contribution in [0.4, 0.5) is 5.82 Å². The van der Waals surface area contributed by atoms with Gasteiger partial charge in [-0.1, -0.05) is 6.92 Å². The van der Waals surface area contributed by atoms with E-state index in [0.29, 0.717) is 23.5 Å². The van der Waals surface area contributed by atoms with Gasteiger partial charge in [-0.15, -0.1) is 0 Å². The second kappa shape index (κ2) is 7.64. The minimum absolute atomic E-state index is 0.185. The average molecular weight is 416 g/mol. The zero-order chi connectivity index (χ0) is 20.6. The van der Waals surface area contributed by atoms with E-state index in [1.54, 1.807) is 35.9 Å². The Bertz CT molecular complexity index is 1130. The normalized spacial score (nSPS) is 15.1. The molecule has 9 heteroatoms. The number of anilines is 1. The molecule has 1 aliphatic rings. The Hall–Kier alpha value is -2.65. The molecule has 1 N–H and O–H groups in total. The number of nitrogens with zero attached hydrogens (tertiary/aromatic N) is 4. The van der Waals surface area contributed by atoms with Crippen LogP contribution in [-0.4, -0.2) is 56.3 Å². The molecule has 2 aromatic heterocycles. The number of ether oxygens (including phenoxy) is 1. The SMILES string of the molecule is CCc1nn2c(N3CCNCC3)cc(C)nc2c1S(=O)(=O)c1ccc(OC)cc1. The first-order valence-corrected chi connectivity index (χ1v) is 11.2. The van der Waals surface area contributed by atoms with Crippen molar-refractivity contribution in [2.24, 2.45) is 0 Å². The summed E-state index contributed by atoms with van der Waals surface area (Å²) in [5.41, 5.74) is 1.67. The molecule has 1 saturated heterocycles. The molecule has 29 heavy (non-hydrogen) atoms. The van der Waals surface area contributed by atoms with E-state index in [4.69, 9.17) is 4.74 Å². The van der Waals surface area contributed by atoms with Crippen LogP contribution in [-0.2, 0) is 16.3 Å². The van der Waals surface area contributed by atoms with Crippen LogP contribution in [0.1, 0.15) is 18.3 Å². The minimum Gasteiger partial charge on any atom is -0.497 e. The smallest absolute Gasteiger partial charge is 0.212 e. The molecule has 0 amide bonds. The first kappa shape index (κ1) is 19.7. The number of aryl methyl sites for hydroxylation is 2. The molecule has 1 aliphatic heterocycles. The average Bonchev–Trinajstić information content (AvgIpc) is 3.13. The van der Waals surface area contributed by atoms with E-state index in [0.717, 1.165) is 37.7 Å². The molecule has 3 aromatic rings. The lowest BCUT2D eigenvalue weighted by Crippen LogP contribution is -2.44. The highest BCUT2D eigenvalue weighted by molar-refractivity contribution is 7.91. The summed E-state index contributed by atoms with van der Waals surface area (Å²) < 4.78 is 33.9. The largest absolute Gasteiger partial charge is 0.497 e. The molecule has 0 unspecified atom stereocenters. The number of hydrogen-bond donors (Lipinski definition) is 1. The van der Waals surface area contributed by atoms with Gasteiger partial charge >= 0.3 is 0 Å². The van der Waals surface area contributed by atoms with Crippen molar-refractivity contribution in [1.82, 2.24) is 19.9 Å². The Morgan fingerprint density at radius 2 is 1.86 bits per heavy atom. The van der Waals surface area contributed by atoms with Crippen LogP contribution in [0.2, 0.25) is 0 Å². The number of nitrogens with one attached hydrogen (secondary N) is 1. The maximum absolute atomic E-state index is 13.5. The van der Waals surface area contributed by atoms with Crippen LogP contribution in [0.25, 0.3) is 5.65 Å². The standard InChI is InChI=1S/C20H25N5O3S/c1-4-17-19(29(26,27)16-7-5-15(28-3)6-8-16)20-22-14(2)13-18(25(20)23-17)24-11-9-21-10-12-24/h5-8,13,21H,4,9-12H2,1-3H3. The second-order valence-electron chi connectivity index (χ2n) is 7.04. The first-order chi connectivity index (χ1) is 14.0. The highest BCUT2D eigenvalue weighted by Crippen LogP contribution is 2.31. The molecule has 0 bridgehead atoms. The van der Waals surface area contributed by atoms with Gasteiger partial charge in [0, 0.05) is 37.9 Å². The van der Waals surface area contributed by atoms with Crippen molar-refractivity contribution in [1.29, 1.82) is 0 Å². The van der Waals surface area contributed by atoms with E-state index < -0.39 is 9.84 Å². The minimum atomic E-state index is -3.79. The lowest BCUT2D eigenvalue weighted by molar-refractivity contribution is 0.414. The molecule has 1 aromatic carbocycles. The quantitative estimate of drug-likeness (QED) is 0.680. The summed E-state index contributed by atoms with van der Waals surface area (Å²) in [4.78, 5) is 7.19. The maximum atomic E-state index is 13.5. The predicted molar refractivity (Wildman–Crippen MR) is 111 cm³/mol. The topological polar surface area (TPSA) is 88.8 Å². The fraction of sp³-hybridized carbons (Fsp3) is 0.400. The summed E-state index contributed by atoms with van der Waals surface area (Å²) in [5, 5.41) is 8.00. The van der Waals surface area contributed by atoms with Crippen LogP contribution >= 0.6 is 0 Å². The zero-order valence-electron chi connectivity index (χ0n) is 16.8. The molecule has 0 aliphatic carbocycles. The van der Waals surface area contributed by atoms with Crippen molar-refractivity contribution in [3.63, 3.8) is 0 Å². The van der Waals surface area contributed by atoms with Crippen molar-refractivity contribution in [3.8, 4) is 5.75 Å². The lowest BCUT2D eigenvalue weighted by Gasteiger charge is -2.29. The van der Waals surface area contributed by atoms with Crippen molar-refractivity contribution < 1.29 is 13.2 Å². The van der Waals surface area contributed by atoms with E-state index in [1.807, 2.05) is 19.9 Å². The number of rotatable bonds is 5. The van der Waals surface area contributed by atoms with Gasteiger partial charge in [0.1, 0.15) is 16.5 Å². The van der Waals surface area contributed by atoms with Gasteiger partial charge < -0.3 is 15.0 Å². The molecule has 1 fully saturated rings. The maximum Gasteiger partial charge on any atom is 0.212 e. The number of piperazine rings is 1. The highest BCUT2D eigenvalue weighted by atomic mass is 32.2. The number of aromatic nitrogens is 3. The van der Waals surface area contributed by atoms with Gasteiger partial charge in [0.2, 0.25) is 9.84 Å². The molecule has 0 spiro atoms. The van der Waals surface area contributed by atoms with Gasteiger partial charge in [-0.05, 0) is 37.6 Å². The summed E-state index contributed by atoms with van der Waals surface area (Å²) in [5.74, 6) is 1.48. The molecule has 0 radical (unpaired) electrons. The van der Waals surface area contributed by atoms with Crippen LogP contribution < -0.4 is 15.0 Å². The van der Waals surface area contributed by atoms with Crippen molar-refractivity contribution in [2.75, 3.05) is 38.2 Å². The van der Waals surface area contributed by atoms with E-state index in [-0.39, 0.29) is 9.79 Å². The van der Waals surface area contributed by atoms with Gasteiger partial charge in [0.25, 0.3) is 0 Å².